The average Bonchev–Trinajstić information content (AvgIpc) is 3.56. The van der Waals surface area contributed by atoms with Crippen LogP contribution in [0.25, 0.3) is 11.1 Å². The van der Waals surface area contributed by atoms with E-state index in [2.05, 4.69) is 27.7 Å². The molecule has 49 heavy (non-hydrogen) atoms. The molecule has 0 spiro atoms. The van der Waals surface area contributed by atoms with Gasteiger partial charge in [0.05, 0.1) is 23.5 Å². The number of aliphatic hydroxyl groups is 1. The monoisotopic (exact) mass is 704 g/mol. The molecule has 1 aliphatic rings. The first-order chi connectivity index (χ1) is 23.0. The lowest BCUT2D eigenvalue weighted by atomic mass is 9.92. The van der Waals surface area contributed by atoms with Crippen molar-refractivity contribution < 1.29 is 36.2 Å². The van der Waals surface area contributed by atoms with Crippen LogP contribution in [-0.2, 0) is 17.8 Å². The number of hydrogen-bond donors (Lipinski definition) is 3. The van der Waals surface area contributed by atoms with Gasteiger partial charge >= 0.3 is 0 Å². The number of hydrazine groups is 1. The molecule has 15 heteroatoms. The number of alkyl halides is 4. The molecule has 3 N–H and O–H groups in total. The van der Waals surface area contributed by atoms with Crippen molar-refractivity contribution in [2.45, 2.75) is 64.3 Å². The molecular weight excluding hydrogens is 674 g/mol. The Morgan fingerprint density at radius 2 is 1.73 bits per heavy atom. The molecule has 3 heterocycles. The Labute approximate surface area is 283 Å². The highest BCUT2D eigenvalue weighted by atomic mass is 35.5. The molecular formula is C34H31ClF6N6O2. The lowest BCUT2D eigenvalue weighted by molar-refractivity contribution is -0.122. The Kier molecular flexibility index (Phi) is 10.3. The molecule has 2 atom stereocenters. The number of carbonyl (C=O) groups excluding carboxylic acids is 1. The first-order valence-electron chi connectivity index (χ1n) is 15.0. The number of nitrogens with one attached hydrogen (secondary N) is 2. The molecule has 0 saturated carbocycles. The molecule has 1 amide bonds. The topological polar surface area (TPSA) is 95.3 Å². The molecule has 4 aromatic rings. The molecule has 2 aromatic carbocycles. The molecule has 2 aromatic heterocycles. The Balaban J connectivity index is 1.67. The molecule has 0 radical (unpaired) electrons. The van der Waals surface area contributed by atoms with Crippen LogP contribution in [0.15, 0.2) is 48.5 Å². The number of carbonyl (C=O) groups is 1. The highest BCUT2D eigenvalue weighted by Gasteiger charge is 2.31. The van der Waals surface area contributed by atoms with Crippen LogP contribution in [0.1, 0.15) is 79.6 Å². The molecule has 0 bridgehead atoms. The number of pyridine rings is 1. The Morgan fingerprint density at radius 3 is 2.37 bits per heavy atom. The Hall–Kier alpha value is -4.58. The third-order valence-corrected chi connectivity index (χ3v) is 7.96. The highest BCUT2D eigenvalue weighted by molar-refractivity contribution is 6.32. The van der Waals surface area contributed by atoms with Gasteiger partial charge in [0.1, 0.15) is 40.9 Å². The Bertz CT molecular complexity index is 1930. The van der Waals surface area contributed by atoms with E-state index in [0.29, 0.717) is 38.7 Å². The molecule has 8 nitrogen and oxygen atoms in total. The molecule has 1 unspecified atom stereocenters. The van der Waals surface area contributed by atoms with Crippen molar-refractivity contribution >= 4 is 23.2 Å². The second-order valence-electron chi connectivity index (χ2n) is 12.1. The SMILES string of the molecule is CC1NN(C)c2c(-c3ccc(C#CC(C)(C)O)nc3[C@H](Cc3cc(F)cc(F)c3)NC(=O)Cn3nc(C(F)F)cc3C(F)F)ccc(Cl)c21. The van der Waals surface area contributed by atoms with Crippen molar-refractivity contribution in [1.82, 2.24) is 25.5 Å². The minimum atomic E-state index is -3.21. The lowest BCUT2D eigenvalue weighted by Crippen LogP contribution is -2.34. The van der Waals surface area contributed by atoms with Crippen molar-refractivity contribution in [2.75, 3.05) is 12.1 Å². The summed E-state index contributed by atoms with van der Waals surface area (Å²) in [5.74, 6) is 2.77. The largest absolute Gasteiger partial charge is 0.378 e. The van der Waals surface area contributed by atoms with Crippen molar-refractivity contribution in [2.24, 2.45) is 0 Å². The molecule has 1 aliphatic heterocycles. The average molecular weight is 705 g/mol. The maximum absolute atomic E-state index is 14.4. The van der Waals surface area contributed by atoms with Crippen molar-refractivity contribution in [1.29, 1.82) is 0 Å². The summed E-state index contributed by atoms with van der Waals surface area (Å²) in [5.41, 5.74) is 3.05. The minimum absolute atomic E-state index is 0.115. The van der Waals surface area contributed by atoms with E-state index in [9.17, 15) is 36.2 Å². The van der Waals surface area contributed by atoms with Gasteiger partial charge in [0.25, 0.3) is 12.9 Å². The third kappa shape index (κ3) is 8.18. The molecule has 0 fully saturated rings. The number of aromatic nitrogens is 3. The van der Waals surface area contributed by atoms with Gasteiger partial charge in [0.2, 0.25) is 5.91 Å². The van der Waals surface area contributed by atoms with E-state index in [4.69, 9.17) is 16.6 Å². The van der Waals surface area contributed by atoms with Crippen LogP contribution >= 0.6 is 11.6 Å². The standard InChI is InChI=1S/C34H31ClF6N6O2/c1-17-29-24(35)8-7-23(31(29)46(4)44-17)22-6-5-21(9-10-34(2,3)49)42-30(22)25(13-18-11-19(36)14-20(37)12-18)43-28(48)16-47-27(33(40)41)15-26(45-47)32(38)39/h5-8,11-12,14-15,17,25,32-33,44,49H,13,16H2,1-4H3,(H,43,48)/t17?,25-/m0/s1. The second kappa shape index (κ2) is 14.1. The zero-order valence-corrected chi connectivity index (χ0v) is 27.4. The molecule has 0 aliphatic carbocycles. The molecule has 258 valence electrons. The number of benzene rings is 2. The van der Waals surface area contributed by atoms with Gasteiger partial charge in [-0.05, 0) is 75.1 Å². The van der Waals surface area contributed by atoms with Crippen molar-refractivity contribution in [3.8, 4) is 23.0 Å². The predicted molar refractivity (Wildman–Crippen MR) is 171 cm³/mol. The molecule has 5 rings (SSSR count). The fourth-order valence-corrected chi connectivity index (χ4v) is 5.98. The summed E-state index contributed by atoms with van der Waals surface area (Å²) in [6.45, 7) is 3.98. The van der Waals surface area contributed by atoms with Crippen LogP contribution in [0.5, 0.6) is 0 Å². The molecule has 0 saturated heterocycles. The summed E-state index contributed by atoms with van der Waals surface area (Å²) in [4.78, 5) is 18.2. The van der Waals surface area contributed by atoms with E-state index in [1.54, 1.807) is 36.3 Å². The van der Waals surface area contributed by atoms with Crippen LogP contribution in [0.4, 0.5) is 32.0 Å². The summed E-state index contributed by atoms with van der Waals surface area (Å²) in [6, 6.07) is 8.68. The minimum Gasteiger partial charge on any atom is -0.378 e. The highest BCUT2D eigenvalue weighted by Crippen LogP contribution is 2.45. The van der Waals surface area contributed by atoms with E-state index in [0.717, 1.165) is 17.7 Å². The quantitative estimate of drug-likeness (QED) is 0.129. The van der Waals surface area contributed by atoms with Gasteiger partial charge in [-0.1, -0.05) is 23.6 Å². The van der Waals surface area contributed by atoms with E-state index in [-0.39, 0.29) is 29.4 Å². The zero-order chi connectivity index (χ0) is 35.8. The van der Waals surface area contributed by atoms with Crippen LogP contribution < -0.4 is 15.8 Å². The third-order valence-electron chi connectivity index (χ3n) is 7.63. The summed E-state index contributed by atoms with van der Waals surface area (Å²) in [6.07, 6.45) is -6.61. The number of nitrogens with zero attached hydrogens (tertiary/aromatic N) is 4. The van der Waals surface area contributed by atoms with Gasteiger partial charge in [-0.3, -0.25) is 9.48 Å². The van der Waals surface area contributed by atoms with Gasteiger partial charge in [-0.15, -0.1) is 0 Å². The van der Waals surface area contributed by atoms with E-state index >= 15 is 0 Å². The van der Waals surface area contributed by atoms with E-state index in [1.165, 1.54) is 13.8 Å². The van der Waals surface area contributed by atoms with Crippen molar-refractivity contribution in [3.63, 3.8) is 0 Å². The number of fused-ring (bicyclic) bond motifs is 1. The summed E-state index contributed by atoms with van der Waals surface area (Å²) in [7, 11) is 1.78. The van der Waals surface area contributed by atoms with Crippen molar-refractivity contribution in [3.05, 3.63) is 99.1 Å². The predicted octanol–water partition coefficient (Wildman–Crippen LogP) is 6.99. The smallest absolute Gasteiger partial charge is 0.282 e. The van der Waals surface area contributed by atoms with Gasteiger partial charge in [-0.2, -0.15) is 5.10 Å². The fourth-order valence-electron chi connectivity index (χ4n) is 5.67. The van der Waals surface area contributed by atoms with Gasteiger partial charge in [-0.25, -0.2) is 36.8 Å². The van der Waals surface area contributed by atoms with E-state index < -0.39 is 60.0 Å². The maximum atomic E-state index is 14.4. The lowest BCUT2D eigenvalue weighted by Gasteiger charge is -2.24. The number of rotatable bonds is 9. The normalized spacial score (nSPS) is 15.0. The maximum Gasteiger partial charge on any atom is 0.282 e. The first kappa shape index (κ1) is 35.7. The Morgan fingerprint density at radius 1 is 1.06 bits per heavy atom. The zero-order valence-electron chi connectivity index (χ0n) is 26.6. The first-order valence-corrected chi connectivity index (χ1v) is 15.4. The van der Waals surface area contributed by atoms with Gasteiger partial charge in [0, 0.05) is 34.8 Å². The van der Waals surface area contributed by atoms with Crippen LogP contribution in [0, 0.1) is 23.5 Å². The number of halogens is 7. The van der Waals surface area contributed by atoms with Crippen LogP contribution in [-0.4, -0.2) is 38.4 Å². The van der Waals surface area contributed by atoms with Crippen LogP contribution in [0.3, 0.4) is 0 Å². The number of hydrogen-bond acceptors (Lipinski definition) is 6. The number of anilines is 1. The van der Waals surface area contributed by atoms with Gasteiger partial charge in [0.15, 0.2) is 0 Å². The summed E-state index contributed by atoms with van der Waals surface area (Å²) < 4.78 is 83.3. The fraction of sp³-hybridized carbons (Fsp3) is 0.324. The number of amides is 1. The van der Waals surface area contributed by atoms with Gasteiger partial charge < -0.3 is 15.4 Å². The van der Waals surface area contributed by atoms with Crippen LogP contribution in [0.2, 0.25) is 5.02 Å². The summed E-state index contributed by atoms with van der Waals surface area (Å²) in [5, 5.41) is 18.7. The summed E-state index contributed by atoms with van der Waals surface area (Å²) >= 11 is 6.58. The van der Waals surface area contributed by atoms with E-state index in [1.807, 2.05) is 6.92 Å². The second-order valence-corrected chi connectivity index (χ2v) is 12.5.